The summed E-state index contributed by atoms with van der Waals surface area (Å²) in [7, 11) is 0. The zero-order valence-corrected chi connectivity index (χ0v) is 32.0. The maximum absolute atomic E-state index is 5.08. The van der Waals surface area contributed by atoms with Crippen LogP contribution in [0, 0.1) is 0 Å². The Morgan fingerprint density at radius 3 is 2.09 bits per heavy atom. The second kappa shape index (κ2) is 13.9. The first-order chi connectivity index (χ1) is 28.1. The van der Waals surface area contributed by atoms with E-state index in [-0.39, 0.29) is 5.41 Å². The van der Waals surface area contributed by atoms with Gasteiger partial charge in [-0.1, -0.05) is 183 Å². The van der Waals surface area contributed by atoms with E-state index in [9.17, 15) is 0 Å². The van der Waals surface area contributed by atoms with E-state index in [1.165, 1.54) is 76.8 Å². The number of nitrogens with zero attached hydrogens (tertiary/aromatic N) is 1. The lowest BCUT2D eigenvalue weighted by atomic mass is 9.63. The van der Waals surface area contributed by atoms with Crippen molar-refractivity contribution in [1.29, 1.82) is 0 Å². The fourth-order valence-electron chi connectivity index (χ4n) is 9.67. The molecule has 0 amide bonds. The number of hydrogen-bond acceptors (Lipinski definition) is 1. The molecule has 1 heterocycles. The van der Waals surface area contributed by atoms with E-state index in [4.69, 9.17) is 4.98 Å². The molecule has 1 heteroatoms. The number of allylic oxidation sites excluding steroid dienone is 8. The molecule has 0 radical (unpaired) electrons. The van der Waals surface area contributed by atoms with Gasteiger partial charge in [0.1, 0.15) is 0 Å². The summed E-state index contributed by atoms with van der Waals surface area (Å²) in [6, 6.07) is 53.2. The average molecular weight is 728 g/mol. The Hall–Kier alpha value is -7.09. The van der Waals surface area contributed by atoms with Crippen LogP contribution in [0.4, 0.5) is 0 Å². The molecule has 0 saturated heterocycles. The molecule has 7 aromatic carbocycles. The highest BCUT2D eigenvalue weighted by Gasteiger charge is 2.48. The van der Waals surface area contributed by atoms with E-state index < -0.39 is 0 Å². The molecular weight excluding hydrogens is 687 g/mol. The molecule has 1 nitrogen and oxygen atoms in total. The minimum absolute atomic E-state index is 0.340. The lowest BCUT2D eigenvalue weighted by Gasteiger charge is -2.38. The predicted molar refractivity (Wildman–Crippen MR) is 243 cm³/mol. The fourth-order valence-corrected chi connectivity index (χ4v) is 9.67. The van der Waals surface area contributed by atoms with Crippen LogP contribution in [-0.4, -0.2) is 4.98 Å². The predicted octanol–water partition coefficient (Wildman–Crippen LogP) is 12.8. The van der Waals surface area contributed by atoms with Crippen LogP contribution in [-0.2, 0) is 5.41 Å². The molecule has 8 aromatic rings. The van der Waals surface area contributed by atoms with Crippen molar-refractivity contribution < 1.29 is 0 Å². The van der Waals surface area contributed by atoms with E-state index >= 15 is 0 Å². The maximum Gasteiger partial charge on any atom is 0.0706 e. The second-order valence-corrected chi connectivity index (χ2v) is 15.2. The van der Waals surface area contributed by atoms with Crippen LogP contribution in [0.2, 0.25) is 0 Å². The largest absolute Gasteiger partial charge is 0.256 e. The van der Waals surface area contributed by atoms with E-state index in [1.54, 1.807) is 0 Å². The third-order valence-corrected chi connectivity index (χ3v) is 12.2. The molecule has 1 unspecified atom stereocenters. The Morgan fingerprint density at radius 2 is 1.25 bits per heavy atom. The Balaban J connectivity index is 1.13. The number of benzene rings is 7. The Kier molecular flexibility index (Phi) is 8.38. The van der Waals surface area contributed by atoms with Gasteiger partial charge in [-0.2, -0.15) is 0 Å². The molecule has 10 rings (SSSR count). The van der Waals surface area contributed by atoms with Crippen molar-refractivity contribution in [2.24, 2.45) is 0 Å². The summed E-state index contributed by atoms with van der Waals surface area (Å²) in [5.74, 6) is 0. The summed E-state index contributed by atoms with van der Waals surface area (Å²) in [6.07, 6.45) is 17.7. The van der Waals surface area contributed by atoms with Crippen molar-refractivity contribution >= 4 is 50.0 Å². The monoisotopic (exact) mass is 727 g/mol. The lowest BCUT2D eigenvalue weighted by molar-refractivity contribution is 0.665. The van der Waals surface area contributed by atoms with Crippen LogP contribution < -0.4 is 10.4 Å². The molecule has 270 valence electrons. The molecule has 0 bridgehead atoms. The molecule has 1 aromatic heterocycles. The highest BCUT2D eigenvalue weighted by atomic mass is 14.7. The van der Waals surface area contributed by atoms with Crippen molar-refractivity contribution in [3.63, 3.8) is 0 Å². The minimum atomic E-state index is -0.340. The average Bonchev–Trinajstić information content (AvgIpc) is 3.59. The normalized spacial score (nSPS) is 17.5. The fraction of sp³-hybridized carbons (Fsp3) is 0.0536. The zero-order chi connectivity index (χ0) is 38.5. The molecule has 1 atom stereocenters. The lowest BCUT2D eigenvalue weighted by Crippen LogP contribution is -2.29. The Bertz CT molecular complexity index is 3190. The summed E-state index contributed by atoms with van der Waals surface area (Å²) >= 11 is 0. The van der Waals surface area contributed by atoms with Crippen LogP contribution >= 0.6 is 0 Å². The maximum atomic E-state index is 5.08. The highest BCUT2D eigenvalue weighted by Crippen LogP contribution is 2.59. The number of hydrogen-bond donors (Lipinski definition) is 0. The Labute approximate surface area is 334 Å². The summed E-state index contributed by atoms with van der Waals surface area (Å²) in [4.78, 5) is 5.08. The number of pyridine rings is 1. The first kappa shape index (κ1) is 34.4. The van der Waals surface area contributed by atoms with Gasteiger partial charge < -0.3 is 0 Å². The second-order valence-electron chi connectivity index (χ2n) is 15.2. The van der Waals surface area contributed by atoms with Gasteiger partial charge in [0.05, 0.1) is 11.1 Å². The first-order valence-corrected chi connectivity index (χ1v) is 19.7. The van der Waals surface area contributed by atoms with Gasteiger partial charge in [-0.25, -0.2) is 0 Å². The summed E-state index contributed by atoms with van der Waals surface area (Å²) in [6.45, 7) is 10.5. The molecule has 2 aliphatic carbocycles. The van der Waals surface area contributed by atoms with E-state index in [2.05, 4.69) is 196 Å². The summed E-state index contributed by atoms with van der Waals surface area (Å²) < 4.78 is 0. The number of fused-ring (bicyclic) bond motifs is 8. The summed E-state index contributed by atoms with van der Waals surface area (Å²) in [5.41, 5.74) is 13.2. The third kappa shape index (κ3) is 5.42. The van der Waals surface area contributed by atoms with Crippen LogP contribution in [0.1, 0.15) is 35.7 Å². The van der Waals surface area contributed by atoms with Gasteiger partial charge in [0.15, 0.2) is 0 Å². The Morgan fingerprint density at radius 1 is 0.579 bits per heavy atom. The molecule has 1 spiro atoms. The van der Waals surface area contributed by atoms with Crippen molar-refractivity contribution in [3.8, 4) is 22.3 Å². The zero-order valence-electron chi connectivity index (χ0n) is 32.0. The third-order valence-electron chi connectivity index (χ3n) is 12.2. The van der Waals surface area contributed by atoms with Crippen LogP contribution in [0.15, 0.2) is 206 Å². The minimum Gasteiger partial charge on any atom is -0.256 e. The van der Waals surface area contributed by atoms with Gasteiger partial charge in [0.25, 0.3) is 0 Å². The van der Waals surface area contributed by atoms with E-state index in [0.29, 0.717) is 0 Å². The molecule has 0 saturated carbocycles. The molecule has 2 aliphatic rings. The molecule has 0 fully saturated rings. The van der Waals surface area contributed by atoms with E-state index in [0.717, 1.165) is 33.7 Å². The van der Waals surface area contributed by atoms with Gasteiger partial charge in [0, 0.05) is 6.20 Å². The van der Waals surface area contributed by atoms with Gasteiger partial charge in [-0.05, 0) is 130 Å². The van der Waals surface area contributed by atoms with Crippen LogP contribution in [0.5, 0.6) is 0 Å². The SMILES string of the molecule is C=C/C=C(/C=c1\c(=C\C=C)cc(-c2cccc3ccccc23)c2ccccc12)C(\C)=C\C=C1/CC2(c3ccccc3-c3cccc4cccc2c34)c2cccnc21. The number of aromatic nitrogens is 1. The first-order valence-electron chi connectivity index (χ1n) is 19.7. The van der Waals surface area contributed by atoms with Crippen molar-refractivity contribution in [1.82, 2.24) is 4.98 Å². The van der Waals surface area contributed by atoms with Crippen LogP contribution in [0.3, 0.4) is 0 Å². The highest BCUT2D eigenvalue weighted by molar-refractivity contribution is 6.07. The van der Waals surface area contributed by atoms with Crippen molar-refractivity contribution in [2.75, 3.05) is 0 Å². The smallest absolute Gasteiger partial charge is 0.0706 e. The van der Waals surface area contributed by atoms with Gasteiger partial charge in [-0.15, -0.1) is 0 Å². The topological polar surface area (TPSA) is 12.9 Å². The van der Waals surface area contributed by atoms with E-state index in [1.807, 2.05) is 18.3 Å². The quantitative estimate of drug-likeness (QED) is 0.155. The van der Waals surface area contributed by atoms with Gasteiger partial charge in [-0.3, -0.25) is 4.98 Å². The molecular formula is C56H41N. The van der Waals surface area contributed by atoms with Crippen molar-refractivity contribution in [3.05, 3.63) is 239 Å². The van der Waals surface area contributed by atoms with Crippen LogP contribution in [0.25, 0.3) is 72.3 Å². The summed E-state index contributed by atoms with van der Waals surface area (Å²) in [5, 5.41) is 9.78. The molecule has 0 N–H and O–H groups in total. The van der Waals surface area contributed by atoms with Gasteiger partial charge in [0.2, 0.25) is 0 Å². The molecule has 0 aliphatic heterocycles. The van der Waals surface area contributed by atoms with Crippen molar-refractivity contribution in [2.45, 2.75) is 18.8 Å². The standard InChI is InChI=1S/C56H41N/c1-4-16-40(34-49-41(17-5-2)35-50(46-24-9-8-23-45(46)49)44-26-12-19-38-18-6-7-22-43(38)44)37(3)31-32-42-36-56(53-30-15-33-57-55(42)53)51-28-11-10-25-47(51)48-27-13-20-39-21-14-29-52(56)54(39)48/h4-35H,1-2,36H2,3H3/b37-31+,40-16-,41-17+,42-32+,49-34+. The molecule has 57 heavy (non-hydrogen) atoms. The number of rotatable bonds is 6. The van der Waals surface area contributed by atoms with Gasteiger partial charge >= 0.3 is 0 Å².